The molecule has 0 bridgehead atoms. The van der Waals surface area contributed by atoms with Crippen LogP contribution in [0.4, 0.5) is 4.79 Å². The lowest BCUT2D eigenvalue weighted by molar-refractivity contribution is -0.132. The van der Waals surface area contributed by atoms with E-state index in [2.05, 4.69) is 10.7 Å². The first-order valence-electron chi connectivity index (χ1n) is 5.60. The summed E-state index contributed by atoms with van der Waals surface area (Å²) in [6, 6.07) is 2.47. The summed E-state index contributed by atoms with van der Waals surface area (Å²) >= 11 is 6.80. The van der Waals surface area contributed by atoms with Gasteiger partial charge in [0.25, 0.3) is 11.8 Å². The van der Waals surface area contributed by atoms with E-state index >= 15 is 0 Å². The molecular formula is C11H12ClN3O3S. The number of nitrogens with zero attached hydrogens (tertiary/aromatic N) is 1. The predicted molar refractivity (Wildman–Crippen MR) is 70.9 cm³/mol. The van der Waals surface area contributed by atoms with Crippen LogP contribution >= 0.6 is 22.9 Å². The molecule has 0 aliphatic carbocycles. The van der Waals surface area contributed by atoms with Crippen molar-refractivity contribution in [2.75, 3.05) is 0 Å². The van der Waals surface area contributed by atoms with Gasteiger partial charge in [-0.3, -0.25) is 15.0 Å². The standard InChI is InChI=1S/C11H12ClN3O3S/c1-3-11(2)9(17)15(10(18)13-11)14-8(16)6-4-5-7(12)19-6/h4-5H,3H2,1-2H3,(H,13,18)(H,14,16). The number of nitrogens with one attached hydrogen (secondary N) is 2. The minimum absolute atomic E-state index is 0.329. The van der Waals surface area contributed by atoms with Crippen LogP contribution in [0.15, 0.2) is 12.1 Å². The number of imide groups is 1. The highest BCUT2D eigenvalue weighted by molar-refractivity contribution is 7.18. The molecule has 1 aromatic heterocycles. The average Bonchev–Trinajstić information content (AvgIpc) is 2.88. The van der Waals surface area contributed by atoms with E-state index in [0.717, 1.165) is 11.3 Å². The van der Waals surface area contributed by atoms with Gasteiger partial charge in [-0.1, -0.05) is 18.5 Å². The number of rotatable bonds is 3. The summed E-state index contributed by atoms with van der Waals surface area (Å²) in [6.07, 6.45) is 0.439. The van der Waals surface area contributed by atoms with E-state index in [9.17, 15) is 14.4 Å². The van der Waals surface area contributed by atoms with Gasteiger partial charge in [-0.05, 0) is 25.5 Å². The molecule has 0 spiro atoms. The highest BCUT2D eigenvalue weighted by atomic mass is 35.5. The molecule has 102 valence electrons. The van der Waals surface area contributed by atoms with Crippen LogP contribution in [0.2, 0.25) is 4.34 Å². The fraction of sp³-hybridized carbons (Fsp3) is 0.364. The van der Waals surface area contributed by atoms with Crippen molar-refractivity contribution in [1.82, 2.24) is 15.8 Å². The molecule has 1 aliphatic rings. The largest absolute Gasteiger partial charge is 0.344 e. The van der Waals surface area contributed by atoms with Crippen molar-refractivity contribution in [1.29, 1.82) is 0 Å². The van der Waals surface area contributed by atoms with Crippen LogP contribution in [0.5, 0.6) is 0 Å². The van der Waals surface area contributed by atoms with Gasteiger partial charge in [-0.15, -0.1) is 11.3 Å². The number of hydrogen-bond acceptors (Lipinski definition) is 4. The molecular weight excluding hydrogens is 290 g/mol. The number of halogens is 1. The molecule has 0 radical (unpaired) electrons. The zero-order valence-electron chi connectivity index (χ0n) is 10.3. The second-order valence-electron chi connectivity index (χ2n) is 4.30. The lowest BCUT2D eigenvalue weighted by Crippen LogP contribution is -2.48. The van der Waals surface area contributed by atoms with Crippen molar-refractivity contribution < 1.29 is 14.4 Å². The van der Waals surface area contributed by atoms with E-state index in [4.69, 9.17) is 11.6 Å². The average molecular weight is 302 g/mol. The molecule has 1 saturated heterocycles. The monoisotopic (exact) mass is 301 g/mol. The maximum atomic E-state index is 12.0. The Balaban J connectivity index is 2.14. The Labute approximate surface area is 118 Å². The second-order valence-corrected chi connectivity index (χ2v) is 6.02. The minimum atomic E-state index is -0.975. The predicted octanol–water partition coefficient (Wildman–Crippen LogP) is 1.77. The topological polar surface area (TPSA) is 78.5 Å². The normalized spacial score (nSPS) is 22.6. The quantitative estimate of drug-likeness (QED) is 0.835. The molecule has 1 unspecified atom stereocenters. The van der Waals surface area contributed by atoms with Crippen molar-refractivity contribution in [3.05, 3.63) is 21.3 Å². The summed E-state index contributed by atoms with van der Waals surface area (Å²) < 4.78 is 0.459. The fourth-order valence-corrected chi connectivity index (χ4v) is 2.55. The molecule has 1 aromatic rings. The van der Waals surface area contributed by atoms with Crippen molar-refractivity contribution >= 4 is 40.8 Å². The molecule has 2 N–H and O–H groups in total. The zero-order valence-corrected chi connectivity index (χ0v) is 11.9. The number of amides is 4. The van der Waals surface area contributed by atoms with Gasteiger partial charge in [0.2, 0.25) is 0 Å². The number of urea groups is 1. The molecule has 19 heavy (non-hydrogen) atoms. The zero-order chi connectivity index (χ0) is 14.2. The second kappa shape index (κ2) is 4.82. The van der Waals surface area contributed by atoms with Gasteiger partial charge >= 0.3 is 6.03 Å². The third-order valence-corrected chi connectivity index (χ3v) is 4.21. The molecule has 1 atom stereocenters. The van der Waals surface area contributed by atoms with Gasteiger partial charge < -0.3 is 5.32 Å². The summed E-state index contributed by atoms with van der Waals surface area (Å²) in [5, 5.41) is 3.25. The summed E-state index contributed by atoms with van der Waals surface area (Å²) in [6.45, 7) is 3.39. The molecule has 1 aliphatic heterocycles. The first-order chi connectivity index (χ1) is 8.87. The molecule has 4 amide bonds. The SMILES string of the molecule is CCC1(C)NC(=O)N(NC(=O)c2ccc(Cl)s2)C1=O. The summed E-state index contributed by atoms with van der Waals surface area (Å²) in [5.41, 5.74) is 1.31. The van der Waals surface area contributed by atoms with E-state index in [1.165, 1.54) is 6.07 Å². The Kier molecular flexibility index (Phi) is 3.51. The van der Waals surface area contributed by atoms with Crippen molar-refractivity contribution in [3.8, 4) is 0 Å². The van der Waals surface area contributed by atoms with Gasteiger partial charge in [0.15, 0.2) is 0 Å². The molecule has 6 nitrogen and oxygen atoms in total. The third kappa shape index (κ3) is 2.43. The molecule has 8 heteroatoms. The molecule has 2 heterocycles. The number of hydrogen-bond donors (Lipinski definition) is 2. The Hall–Kier alpha value is -1.60. The highest BCUT2D eigenvalue weighted by Gasteiger charge is 2.47. The van der Waals surface area contributed by atoms with Crippen LogP contribution < -0.4 is 10.7 Å². The van der Waals surface area contributed by atoms with Crippen molar-refractivity contribution in [3.63, 3.8) is 0 Å². The first kappa shape index (κ1) is 13.8. The van der Waals surface area contributed by atoms with Gasteiger partial charge in [-0.2, -0.15) is 5.01 Å². The summed E-state index contributed by atoms with van der Waals surface area (Å²) in [5.74, 6) is -1.02. The van der Waals surface area contributed by atoms with Crippen LogP contribution in [0.3, 0.4) is 0 Å². The fourth-order valence-electron chi connectivity index (χ4n) is 1.62. The Morgan fingerprint density at radius 2 is 2.21 bits per heavy atom. The lowest BCUT2D eigenvalue weighted by atomic mass is 10.00. The van der Waals surface area contributed by atoms with Crippen LogP contribution in [0, 0.1) is 0 Å². The van der Waals surface area contributed by atoms with E-state index < -0.39 is 23.4 Å². The van der Waals surface area contributed by atoms with Crippen LogP contribution in [-0.2, 0) is 4.79 Å². The smallest absolute Gasteiger partial charge is 0.322 e. The summed E-state index contributed by atoms with van der Waals surface area (Å²) in [7, 11) is 0. The molecule has 1 fully saturated rings. The molecule has 2 rings (SSSR count). The van der Waals surface area contributed by atoms with E-state index in [1.807, 2.05) is 0 Å². The maximum Gasteiger partial charge on any atom is 0.344 e. The molecule has 0 aromatic carbocycles. The van der Waals surface area contributed by atoms with Gasteiger partial charge in [0.05, 0.1) is 9.21 Å². The van der Waals surface area contributed by atoms with E-state index in [1.54, 1.807) is 19.9 Å². The Morgan fingerprint density at radius 3 is 2.68 bits per heavy atom. The maximum absolute atomic E-state index is 12.0. The first-order valence-corrected chi connectivity index (χ1v) is 6.80. The summed E-state index contributed by atoms with van der Waals surface area (Å²) in [4.78, 5) is 35.9. The van der Waals surface area contributed by atoms with E-state index in [-0.39, 0.29) is 0 Å². The van der Waals surface area contributed by atoms with Crippen LogP contribution in [-0.4, -0.2) is 28.4 Å². The van der Waals surface area contributed by atoms with Crippen molar-refractivity contribution in [2.45, 2.75) is 25.8 Å². The Morgan fingerprint density at radius 1 is 1.53 bits per heavy atom. The minimum Gasteiger partial charge on any atom is -0.322 e. The number of hydrazine groups is 1. The number of carbonyl (C=O) groups excluding carboxylic acids is 3. The van der Waals surface area contributed by atoms with E-state index in [0.29, 0.717) is 20.6 Å². The van der Waals surface area contributed by atoms with Gasteiger partial charge in [0.1, 0.15) is 5.54 Å². The van der Waals surface area contributed by atoms with Gasteiger partial charge in [0, 0.05) is 0 Å². The molecule has 0 saturated carbocycles. The van der Waals surface area contributed by atoms with Crippen LogP contribution in [0.1, 0.15) is 29.9 Å². The highest BCUT2D eigenvalue weighted by Crippen LogP contribution is 2.23. The number of thiophene rings is 1. The van der Waals surface area contributed by atoms with Crippen molar-refractivity contribution in [2.24, 2.45) is 0 Å². The Bertz CT molecular complexity index is 559. The van der Waals surface area contributed by atoms with Crippen LogP contribution in [0.25, 0.3) is 0 Å². The number of carbonyl (C=O) groups is 3. The van der Waals surface area contributed by atoms with Gasteiger partial charge in [-0.25, -0.2) is 4.79 Å². The third-order valence-electron chi connectivity index (χ3n) is 2.98. The lowest BCUT2D eigenvalue weighted by Gasteiger charge is -2.19.